The summed E-state index contributed by atoms with van der Waals surface area (Å²) >= 11 is 0. The molecule has 122 valence electrons. The van der Waals surface area contributed by atoms with E-state index in [0.717, 1.165) is 0 Å². The molecule has 0 aromatic heterocycles. The van der Waals surface area contributed by atoms with E-state index in [1.165, 1.54) is 5.56 Å². The van der Waals surface area contributed by atoms with E-state index >= 15 is 0 Å². The van der Waals surface area contributed by atoms with Crippen molar-refractivity contribution in [3.05, 3.63) is 59.7 Å². The van der Waals surface area contributed by atoms with E-state index in [-0.39, 0.29) is 11.2 Å². The van der Waals surface area contributed by atoms with Gasteiger partial charge in [-0.3, -0.25) is 4.79 Å². The predicted molar refractivity (Wildman–Crippen MR) is 95.0 cm³/mol. The molecule has 1 atom stereocenters. The van der Waals surface area contributed by atoms with Gasteiger partial charge in [0.15, 0.2) is 6.10 Å². The second kappa shape index (κ2) is 6.86. The molecule has 0 aliphatic heterocycles. The lowest BCUT2D eigenvalue weighted by Crippen LogP contribution is -2.27. The summed E-state index contributed by atoms with van der Waals surface area (Å²) in [5.41, 5.74) is 8.34. The Labute approximate surface area is 138 Å². The Morgan fingerprint density at radius 3 is 2.30 bits per heavy atom. The first-order chi connectivity index (χ1) is 10.8. The van der Waals surface area contributed by atoms with Crippen molar-refractivity contribution in [1.29, 1.82) is 0 Å². The summed E-state index contributed by atoms with van der Waals surface area (Å²) in [5, 5.41) is 0. The van der Waals surface area contributed by atoms with Crippen molar-refractivity contribution < 1.29 is 9.53 Å². The number of carbonyl (C=O) groups excluding carboxylic acids is 1. The molecule has 0 fully saturated rings. The van der Waals surface area contributed by atoms with E-state index in [2.05, 4.69) is 20.8 Å². The number of benzene rings is 2. The standard InChI is InChI=1S/C20H25NO2/c1-5-18(23-17-8-6-7-16(21)13-17)19(22)14-9-11-15(12-10-14)20(2,3)4/h6-13,18H,5,21H2,1-4H3. The first-order valence-electron chi connectivity index (χ1n) is 7.98. The topological polar surface area (TPSA) is 52.3 Å². The van der Waals surface area contributed by atoms with Gasteiger partial charge in [-0.05, 0) is 29.5 Å². The van der Waals surface area contributed by atoms with Crippen LogP contribution >= 0.6 is 0 Å². The van der Waals surface area contributed by atoms with Crippen LogP contribution in [0.3, 0.4) is 0 Å². The van der Waals surface area contributed by atoms with Crippen LogP contribution in [0.4, 0.5) is 5.69 Å². The van der Waals surface area contributed by atoms with Gasteiger partial charge in [0.2, 0.25) is 5.78 Å². The molecule has 3 nitrogen and oxygen atoms in total. The molecule has 0 saturated carbocycles. The highest BCUT2D eigenvalue weighted by molar-refractivity contribution is 5.99. The maximum Gasteiger partial charge on any atom is 0.203 e. The predicted octanol–water partition coefficient (Wildman–Crippen LogP) is 4.61. The minimum absolute atomic E-state index is 0.00427. The normalized spacial score (nSPS) is 12.7. The molecule has 0 spiro atoms. The summed E-state index contributed by atoms with van der Waals surface area (Å²) < 4.78 is 5.83. The lowest BCUT2D eigenvalue weighted by atomic mass is 9.86. The van der Waals surface area contributed by atoms with Crippen molar-refractivity contribution in [3.63, 3.8) is 0 Å². The highest BCUT2D eigenvalue weighted by Gasteiger charge is 2.21. The Kier molecular flexibility index (Phi) is 5.09. The lowest BCUT2D eigenvalue weighted by Gasteiger charge is -2.20. The van der Waals surface area contributed by atoms with Gasteiger partial charge in [0.05, 0.1) is 0 Å². The van der Waals surface area contributed by atoms with Gasteiger partial charge in [0, 0.05) is 17.3 Å². The van der Waals surface area contributed by atoms with Crippen LogP contribution in [0, 0.1) is 0 Å². The first-order valence-corrected chi connectivity index (χ1v) is 7.98. The van der Waals surface area contributed by atoms with Crippen LogP contribution in [-0.2, 0) is 5.41 Å². The van der Waals surface area contributed by atoms with Gasteiger partial charge in [-0.1, -0.05) is 58.0 Å². The molecule has 2 aromatic rings. The number of hydrogen-bond donors (Lipinski definition) is 1. The Bertz CT molecular complexity index is 669. The number of Topliss-reactive ketones (excluding diaryl/α,β-unsaturated/α-hetero) is 1. The summed E-state index contributed by atoms with van der Waals surface area (Å²) in [5.74, 6) is 0.617. The molecule has 3 heteroatoms. The average Bonchev–Trinajstić information content (AvgIpc) is 2.51. The molecule has 0 amide bonds. The van der Waals surface area contributed by atoms with Gasteiger partial charge >= 0.3 is 0 Å². The van der Waals surface area contributed by atoms with Gasteiger partial charge in [-0.15, -0.1) is 0 Å². The molecule has 23 heavy (non-hydrogen) atoms. The summed E-state index contributed by atoms with van der Waals surface area (Å²) in [7, 11) is 0. The molecular formula is C20H25NO2. The molecule has 2 rings (SSSR count). The van der Waals surface area contributed by atoms with E-state index in [9.17, 15) is 4.79 Å². The van der Waals surface area contributed by atoms with Crippen LogP contribution in [0.25, 0.3) is 0 Å². The number of rotatable bonds is 5. The Hall–Kier alpha value is -2.29. The quantitative estimate of drug-likeness (QED) is 0.648. The van der Waals surface area contributed by atoms with Crippen LogP contribution in [0.15, 0.2) is 48.5 Å². The third-order valence-corrected chi connectivity index (χ3v) is 3.84. The van der Waals surface area contributed by atoms with Crippen LogP contribution in [0.5, 0.6) is 5.75 Å². The van der Waals surface area contributed by atoms with Crippen LogP contribution < -0.4 is 10.5 Å². The van der Waals surface area contributed by atoms with Crippen LogP contribution in [-0.4, -0.2) is 11.9 Å². The van der Waals surface area contributed by atoms with Crippen molar-refractivity contribution in [1.82, 2.24) is 0 Å². The molecule has 0 saturated heterocycles. The molecule has 0 aliphatic carbocycles. The fourth-order valence-corrected chi connectivity index (χ4v) is 2.39. The highest BCUT2D eigenvalue weighted by Crippen LogP contribution is 2.23. The third kappa shape index (κ3) is 4.35. The van der Waals surface area contributed by atoms with E-state index < -0.39 is 6.10 Å². The van der Waals surface area contributed by atoms with Gasteiger partial charge in [-0.2, -0.15) is 0 Å². The number of ketones is 1. The molecular weight excluding hydrogens is 286 g/mol. The van der Waals surface area contributed by atoms with Crippen molar-refractivity contribution in [2.45, 2.75) is 45.6 Å². The van der Waals surface area contributed by atoms with Gasteiger partial charge < -0.3 is 10.5 Å². The second-order valence-electron chi connectivity index (χ2n) is 6.78. The van der Waals surface area contributed by atoms with E-state index in [1.54, 1.807) is 12.1 Å². The van der Waals surface area contributed by atoms with Crippen molar-refractivity contribution >= 4 is 11.5 Å². The minimum Gasteiger partial charge on any atom is -0.482 e. The number of nitrogens with two attached hydrogens (primary N) is 1. The zero-order valence-electron chi connectivity index (χ0n) is 14.3. The Morgan fingerprint density at radius 1 is 1.13 bits per heavy atom. The number of carbonyl (C=O) groups is 1. The average molecular weight is 311 g/mol. The highest BCUT2D eigenvalue weighted by atomic mass is 16.5. The SMILES string of the molecule is CCC(Oc1cccc(N)c1)C(=O)c1ccc(C(C)(C)C)cc1. The monoisotopic (exact) mass is 311 g/mol. The fraction of sp³-hybridized carbons (Fsp3) is 0.350. The zero-order chi connectivity index (χ0) is 17.0. The van der Waals surface area contributed by atoms with E-state index in [0.29, 0.717) is 23.4 Å². The smallest absolute Gasteiger partial charge is 0.203 e. The summed E-state index contributed by atoms with van der Waals surface area (Å²) in [6, 6.07) is 15.0. The van der Waals surface area contributed by atoms with Gasteiger partial charge in [0.25, 0.3) is 0 Å². The van der Waals surface area contributed by atoms with Crippen molar-refractivity contribution in [2.75, 3.05) is 5.73 Å². The lowest BCUT2D eigenvalue weighted by molar-refractivity contribution is 0.0786. The molecule has 2 aromatic carbocycles. The molecule has 0 bridgehead atoms. The molecule has 1 unspecified atom stereocenters. The summed E-state index contributed by atoms with van der Waals surface area (Å²) in [4.78, 5) is 12.7. The third-order valence-electron chi connectivity index (χ3n) is 3.84. The Balaban J connectivity index is 2.16. The molecule has 0 aliphatic rings. The fourth-order valence-electron chi connectivity index (χ4n) is 2.39. The minimum atomic E-state index is -0.503. The Morgan fingerprint density at radius 2 is 1.78 bits per heavy atom. The van der Waals surface area contributed by atoms with Gasteiger partial charge in [-0.25, -0.2) is 0 Å². The number of hydrogen-bond acceptors (Lipinski definition) is 3. The molecule has 0 heterocycles. The largest absolute Gasteiger partial charge is 0.482 e. The first kappa shape index (κ1) is 17.1. The molecule has 0 radical (unpaired) electrons. The van der Waals surface area contributed by atoms with Crippen molar-refractivity contribution in [2.24, 2.45) is 0 Å². The zero-order valence-corrected chi connectivity index (χ0v) is 14.3. The van der Waals surface area contributed by atoms with Crippen LogP contribution in [0.2, 0.25) is 0 Å². The van der Waals surface area contributed by atoms with Crippen molar-refractivity contribution in [3.8, 4) is 5.75 Å². The van der Waals surface area contributed by atoms with E-state index in [1.807, 2.05) is 43.3 Å². The maximum atomic E-state index is 12.7. The van der Waals surface area contributed by atoms with E-state index in [4.69, 9.17) is 10.5 Å². The number of ether oxygens (including phenoxy) is 1. The maximum absolute atomic E-state index is 12.7. The number of anilines is 1. The number of nitrogen functional groups attached to an aromatic ring is 1. The van der Waals surface area contributed by atoms with Crippen LogP contribution in [0.1, 0.15) is 50.0 Å². The summed E-state index contributed by atoms with van der Waals surface area (Å²) in [6.07, 6.45) is 0.103. The van der Waals surface area contributed by atoms with Gasteiger partial charge in [0.1, 0.15) is 5.75 Å². The summed E-state index contributed by atoms with van der Waals surface area (Å²) in [6.45, 7) is 8.41. The second-order valence-corrected chi connectivity index (χ2v) is 6.78. The molecule has 2 N–H and O–H groups in total.